The number of pyridine rings is 1. The highest BCUT2D eigenvalue weighted by molar-refractivity contribution is 6.30. The van der Waals surface area contributed by atoms with Crippen LogP contribution in [0.3, 0.4) is 0 Å². The molecule has 1 atom stereocenters. The van der Waals surface area contributed by atoms with Gasteiger partial charge in [0.25, 0.3) is 0 Å². The minimum Gasteiger partial charge on any atom is -0.368 e. The van der Waals surface area contributed by atoms with Gasteiger partial charge in [0, 0.05) is 18.7 Å². The third-order valence-corrected chi connectivity index (χ3v) is 4.43. The van der Waals surface area contributed by atoms with E-state index in [-0.39, 0.29) is 11.4 Å². The minimum absolute atomic E-state index is 0.0540. The predicted molar refractivity (Wildman–Crippen MR) is 72.9 cm³/mol. The van der Waals surface area contributed by atoms with Crippen LogP contribution in [0.15, 0.2) is 30.0 Å². The molecule has 20 heavy (non-hydrogen) atoms. The zero-order valence-electron chi connectivity index (χ0n) is 11.0. The van der Waals surface area contributed by atoms with Crippen LogP contribution in [0.4, 0.5) is 0 Å². The number of hydrogen-bond acceptors (Lipinski definition) is 4. The minimum atomic E-state index is -0.819. The summed E-state index contributed by atoms with van der Waals surface area (Å²) in [7, 11) is 1.58. The molecule has 3 rings (SSSR count). The molecule has 1 heterocycles. The number of halogens is 1. The average Bonchev–Trinajstić information content (AvgIpc) is 3.23. The monoisotopic (exact) mass is 288 g/mol. The van der Waals surface area contributed by atoms with Gasteiger partial charge in [-0.25, -0.2) is 0 Å². The second-order valence-electron chi connectivity index (χ2n) is 5.41. The Balaban J connectivity index is 2.13. The van der Waals surface area contributed by atoms with Crippen molar-refractivity contribution in [3.8, 4) is 6.07 Å². The fourth-order valence-electron chi connectivity index (χ4n) is 2.88. The summed E-state index contributed by atoms with van der Waals surface area (Å²) in [5, 5.41) is 9.74. The standard InChI is InChI=1S/C15H13ClN2O2/c1-20-15(12-3-2-11(16)8-18-12)6-10(7-17)13(19)14(9-15)4-5-14/h2-3,6,8H,4-5,9H2,1H3. The van der Waals surface area contributed by atoms with Gasteiger partial charge in [0.2, 0.25) is 0 Å². The zero-order chi connectivity index (χ0) is 14.4. The highest BCUT2D eigenvalue weighted by atomic mass is 35.5. The molecule has 1 unspecified atom stereocenters. The lowest BCUT2D eigenvalue weighted by atomic mass is 9.74. The van der Waals surface area contributed by atoms with Crippen molar-refractivity contribution in [1.29, 1.82) is 5.26 Å². The van der Waals surface area contributed by atoms with Crippen LogP contribution in [0.5, 0.6) is 0 Å². The molecule has 1 aromatic rings. The summed E-state index contributed by atoms with van der Waals surface area (Å²) in [4.78, 5) is 16.6. The van der Waals surface area contributed by atoms with Crippen molar-refractivity contribution in [3.63, 3.8) is 0 Å². The summed E-state index contributed by atoms with van der Waals surface area (Å²) in [6.07, 6.45) is 5.31. The SMILES string of the molecule is COC1(c2ccc(Cl)cn2)C=C(C#N)C(=O)C2(CC2)C1. The highest BCUT2D eigenvalue weighted by Crippen LogP contribution is 2.58. The maximum Gasteiger partial charge on any atom is 0.179 e. The Morgan fingerprint density at radius 1 is 1.45 bits per heavy atom. The van der Waals surface area contributed by atoms with Crippen LogP contribution in [-0.2, 0) is 15.1 Å². The topological polar surface area (TPSA) is 63.0 Å². The first-order valence-corrected chi connectivity index (χ1v) is 6.78. The maximum atomic E-state index is 12.2. The lowest BCUT2D eigenvalue weighted by Crippen LogP contribution is -2.39. The van der Waals surface area contributed by atoms with Crippen molar-refractivity contribution in [2.45, 2.75) is 24.9 Å². The number of carbonyl (C=O) groups is 1. The smallest absolute Gasteiger partial charge is 0.179 e. The fraction of sp³-hybridized carbons (Fsp3) is 0.400. The van der Waals surface area contributed by atoms with E-state index >= 15 is 0 Å². The van der Waals surface area contributed by atoms with Crippen LogP contribution in [0.1, 0.15) is 25.0 Å². The number of ether oxygens (including phenoxy) is 1. The van der Waals surface area contributed by atoms with E-state index in [2.05, 4.69) is 4.98 Å². The molecule has 0 saturated heterocycles. The second kappa shape index (κ2) is 4.41. The molecule has 5 heteroatoms. The predicted octanol–water partition coefficient (Wildman–Crippen LogP) is 2.78. The first-order chi connectivity index (χ1) is 9.55. The summed E-state index contributed by atoms with van der Waals surface area (Å²) in [5.41, 5.74) is -0.403. The van der Waals surface area contributed by atoms with Crippen molar-refractivity contribution in [3.05, 3.63) is 40.7 Å². The molecule has 0 aromatic carbocycles. The van der Waals surface area contributed by atoms with E-state index in [1.165, 1.54) is 0 Å². The number of Topliss-reactive ketones (excluding diaryl/α,β-unsaturated/α-hetero) is 1. The van der Waals surface area contributed by atoms with E-state index in [0.29, 0.717) is 17.1 Å². The number of hydrogen-bond donors (Lipinski definition) is 0. The van der Waals surface area contributed by atoms with E-state index < -0.39 is 11.0 Å². The van der Waals surface area contributed by atoms with Gasteiger partial charge in [-0.15, -0.1) is 0 Å². The van der Waals surface area contributed by atoms with Crippen LogP contribution in [0, 0.1) is 16.7 Å². The van der Waals surface area contributed by atoms with E-state index in [1.807, 2.05) is 6.07 Å². The van der Waals surface area contributed by atoms with Gasteiger partial charge < -0.3 is 4.74 Å². The number of carbonyl (C=O) groups excluding carboxylic acids is 1. The van der Waals surface area contributed by atoms with Gasteiger partial charge >= 0.3 is 0 Å². The molecule has 2 aliphatic rings. The van der Waals surface area contributed by atoms with E-state index in [4.69, 9.17) is 16.3 Å². The number of methoxy groups -OCH3 is 1. The summed E-state index contributed by atoms with van der Waals surface area (Å²) >= 11 is 5.86. The van der Waals surface area contributed by atoms with E-state index in [0.717, 1.165) is 12.8 Å². The number of nitriles is 1. The average molecular weight is 289 g/mol. The Morgan fingerprint density at radius 2 is 2.20 bits per heavy atom. The van der Waals surface area contributed by atoms with Crippen molar-refractivity contribution in [2.75, 3.05) is 7.11 Å². The first-order valence-electron chi connectivity index (χ1n) is 6.40. The number of ketones is 1. The molecule has 4 nitrogen and oxygen atoms in total. The normalized spacial score (nSPS) is 27.1. The summed E-state index contributed by atoms with van der Waals surface area (Å²) < 4.78 is 5.68. The maximum absolute atomic E-state index is 12.2. The van der Waals surface area contributed by atoms with Crippen molar-refractivity contribution in [1.82, 2.24) is 4.98 Å². The Bertz CT molecular complexity index is 641. The second-order valence-corrected chi connectivity index (χ2v) is 5.85. The first kappa shape index (κ1) is 13.3. The molecule has 0 aliphatic heterocycles. The van der Waals surface area contributed by atoms with Crippen LogP contribution >= 0.6 is 11.6 Å². The lowest BCUT2D eigenvalue weighted by molar-refractivity contribution is -0.124. The van der Waals surface area contributed by atoms with Gasteiger partial charge in [-0.05, 0) is 37.5 Å². The van der Waals surface area contributed by atoms with Crippen molar-refractivity contribution < 1.29 is 9.53 Å². The van der Waals surface area contributed by atoms with Crippen molar-refractivity contribution in [2.24, 2.45) is 5.41 Å². The molecule has 0 N–H and O–H groups in total. The van der Waals surface area contributed by atoms with Gasteiger partial charge in [-0.2, -0.15) is 5.26 Å². The highest BCUT2D eigenvalue weighted by Gasteiger charge is 2.58. The van der Waals surface area contributed by atoms with Crippen LogP contribution in [0.2, 0.25) is 5.02 Å². The third-order valence-electron chi connectivity index (χ3n) is 4.20. The molecule has 0 radical (unpaired) electrons. The number of rotatable bonds is 2. The summed E-state index contributed by atoms with van der Waals surface area (Å²) in [6, 6.07) is 5.51. The number of allylic oxidation sites excluding steroid dienone is 1. The Labute approximate surface area is 122 Å². The fourth-order valence-corrected chi connectivity index (χ4v) is 2.99. The molecule has 1 saturated carbocycles. The molecule has 102 valence electrons. The largest absolute Gasteiger partial charge is 0.368 e. The molecular weight excluding hydrogens is 276 g/mol. The van der Waals surface area contributed by atoms with Crippen LogP contribution in [-0.4, -0.2) is 17.9 Å². The lowest BCUT2D eigenvalue weighted by Gasteiger charge is -2.36. The quantitative estimate of drug-likeness (QED) is 0.839. The van der Waals surface area contributed by atoms with Crippen LogP contribution in [0.25, 0.3) is 0 Å². The van der Waals surface area contributed by atoms with Gasteiger partial charge in [-0.3, -0.25) is 9.78 Å². The molecule has 2 aliphatic carbocycles. The van der Waals surface area contributed by atoms with Gasteiger partial charge in [-0.1, -0.05) is 11.6 Å². The van der Waals surface area contributed by atoms with Crippen molar-refractivity contribution >= 4 is 17.4 Å². The number of nitrogens with zero attached hydrogens (tertiary/aromatic N) is 2. The van der Waals surface area contributed by atoms with Gasteiger partial charge in [0.05, 0.1) is 16.3 Å². The third kappa shape index (κ3) is 1.86. The molecular formula is C15H13ClN2O2. The summed E-state index contributed by atoms with van der Waals surface area (Å²) in [5.74, 6) is -0.0540. The summed E-state index contributed by atoms with van der Waals surface area (Å²) in [6.45, 7) is 0. The molecule has 1 spiro atoms. The Hall–Kier alpha value is -1.70. The molecule has 0 bridgehead atoms. The molecule has 1 aromatic heterocycles. The van der Waals surface area contributed by atoms with E-state index in [1.54, 1.807) is 31.5 Å². The number of aromatic nitrogens is 1. The van der Waals surface area contributed by atoms with Gasteiger partial charge in [0.15, 0.2) is 5.78 Å². The zero-order valence-corrected chi connectivity index (χ0v) is 11.8. The van der Waals surface area contributed by atoms with Crippen LogP contribution < -0.4 is 0 Å². The Morgan fingerprint density at radius 3 is 2.70 bits per heavy atom. The van der Waals surface area contributed by atoms with Gasteiger partial charge in [0.1, 0.15) is 11.7 Å². The van der Waals surface area contributed by atoms with E-state index in [9.17, 15) is 10.1 Å². The Kier molecular flexibility index (Phi) is 2.93. The molecule has 1 fully saturated rings. The molecule has 0 amide bonds.